The van der Waals surface area contributed by atoms with Crippen LogP contribution in [0.4, 0.5) is 10.2 Å². The lowest BCUT2D eigenvalue weighted by Gasteiger charge is -2.40. The number of fused-ring (bicyclic) bond motifs is 2. The van der Waals surface area contributed by atoms with Crippen LogP contribution in [0.5, 0.6) is 0 Å². The summed E-state index contributed by atoms with van der Waals surface area (Å²) in [5.74, 6) is 0.405. The molecule has 3 aliphatic rings. The summed E-state index contributed by atoms with van der Waals surface area (Å²) in [5, 5.41) is 0. The van der Waals surface area contributed by atoms with E-state index in [-0.39, 0.29) is 5.83 Å². The molecule has 1 aromatic rings. The van der Waals surface area contributed by atoms with Crippen LogP contribution in [0, 0.1) is 0 Å². The summed E-state index contributed by atoms with van der Waals surface area (Å²) >= 11 is 0. The molecule has 0 aliphatic carbocycles. The molecule has 4 rings (SSSR count). The van der Waals surface area contributed by atoms with Gasteiger partial charge in [0.05, 0.1) is 6.21 Å². The number of halogens is 1. The highest BCUT2D eigenvalue weighted by Crippen LogP contribution is 2.31. The zero-order valence-corrected chi connectivity index (χ0v) is 14.1. The van der Waals surface area contributed by atoms with Gasteiger partial charge in [-0.25, -0.2) is 9.37 Å². The summed E-state index contributed by atoms with van der Waals surface area (Å²) in [7, 11) is 0. The number of piperazine rings is 1. The van der Waals surface area contributed by atoms with Crippen molar-refractivity contribution in [3.63, 3.8) is 0 Å². The summed E-state index contributed by atoms with van der Waals surface area (Å²) in [6.45, 7) is 7.16. The van der Waals surface area contributed by atoms with Crippen LogP contribution in [0.15, 0.2) is 35.3 Å². The summed E-state index contributed by atoms with van der Waals surface area (Å²) in [6, 6.07) is 5.43. The lowest BCUT2D eigenvalue weighted by atomic mass is 10.1. The lowest BCUT2D eigenvalue weighted by molar-refractivity contribution is 0.0641. The Bertz CT molecular complexity index is 627. The Labute approximate surface area is 142 Å². The van der Waals surface area contributed by atoms with Crippen LogP contribution in [0.25, 0.3) is 0 Å². The Morgan fingerprint density at radius 3 is 2.62 bits per heavy atom. The maximum atomic E-state index is 13.3. The van der Waals surface area contributed by atoms with E-state index in [4.69, 9.17) is 0 Å². The Kier molecular flexibility index (Phi) is 4.33. The molecule has 2 bridgehead atoms. The zero-order valence-electron chi connectivity index (χ0n) is 14.1. The van der Waals surface area contributed by atoms with Gasteiger partial charge in [0.2, 0.25) is 0 Å². The largest absolute Gasteiger partial charge is 0.310 e. The number of rotatable bonds is 4. The van der Waals surface area contributed by atoms with E-state index < -0.39 is 0 Å². The van der Waals surface area contributed by atoms with E-state index in [0.717, 1.165) is 18.9 Å². The molecule has 2 fully saturated rings. The molecule has 2 unspecified atom stereocenters. The first-order valence-corrected chi connectivity index (χ1v) is 8.79. The second-order valence-electron chi connectivity index (χ2n) is 6.87. The lowest BCUT2D eigenvalue weighted by Crippen LogP contribution is -2.52. The van der Waals surface area contributed by atoms with Gasteiger partial charge in [-0.15, -0.1) is 0 Å². The fraction of sp³-hybridized carbons (Fsp3) is 0.556. The number of allylic oxidation sites excluding steroid dienone is 1. The molecular formula is C18H24FN5. The number of aromatic nitrogens is 1. The van der Waals surface area contributed by atoms with Gasteiger partial charge in [-0.05, 0) is 31.0 Å². The van der Waals surface area contributed by atoms with E-state index in [2.05, 4.69) is 32.8 Å². The Hall–Kier alpha value is -1.79. The van der Waals surface area contributed by atoms with Crippen molar-refractivity contribution in [2.75, 3.05) is 31.2 Å². The minimum absolute atomic E-state index is 0.336. The molecule has 3 aliphatic heterocycles. The van der Waals surface area contributed by atoms with Crippen molar-refractivity contribution in [3.05, 3.63) is 35.9 Å². The summed E-state index contributed by atoms with van der Waals surface area (Å²) < 4.78 is 13.3. The Balaban J connectivity index is 1.42. The smallest absolute Gasteiger partial charge is 0.157 e. The van der Waals surface area contributed by atoms with Crippen molar-refractivity contribution in [2.24, 2.45) is 4.99 Å². The average molecular weight is 329 g/mol. The minimum Gasteiger partial charge on any atom is -0.310 e. The van der Waals surface area contributed by atoms with E-state index in [9.17, 15) is 4.39 Å². The quantitative estimate of drug-likeness (QED) is 0.850. The molecule has 24 heavy (non-hydrogen) atoms. The third kappa shape index (κ3) is 3.08. The molecule has 2 atom stereocenters. The van der Waals surface area contributed by atoms with Gasteiger partial charge in [0.25, 0.3) is 0 Å². The van der Waals surface area contributed by atoms with E-state index in [1.54, 1.807) is 4.90 Å². The highest BCUT2D eigenvalue weighted by molar-refractivity contribution is 5.77. The average Bonchev–Trinajstić information content (AvgIpc) is 2.84. The fourth-order valence-corrected chi connectivity index (χ4v) is 4.06. The van der Waals surface area contributed by atoms with Crippen LogP contribution in [0.2, 0.25) is 0 Å². The number of likely N-dealkylation sites (tertiary alicyclic amines) is 1. The monoisotopic (exact) mass is 329 g/mol. The van der Waals surface area contributed by atoms with Crippen molar-refractivity contribution < 1.29 is 4.39 Å². The second-order valence-corrected chi connectivity index (χ2v) is 6.87. The topological polar surface area (TPSA) is 35.0 Å². The number of hydrogen-bond donors (Lipinski definition) is 0. The summed E-state index contributed by atoms with van der Waals surface area (Å²) in [5.41, 5.74) is 1.23. The maximum absolute atomic E-state index is 13.3. The predicted octanol–water partition coefficient (Wildman–Crippen LogP) is 2.41. The van der Waals surface area contributed by atoms with Crippen LogP contribution < -0.4 is 4.90 Å². The van der Waals surface area contributed by atoms with Gasteiger partial charge in [-0.1, -0.05) is 13.0 Å². The van der Waals surface area contributed by atoms with Gasteiger partial charge < -0.3 is 9.80 Å². The molecule has 4 heterocycles. The molecule has 5 nitrogen and oxygen atoms in total. The van der Waals surface area contributed by atoms with Gasteiger partial charge in [0.15, 0.2) is 5.83 Å². The molecule has 0 N–H and O–H groups in total. The van der Waals surface area contributed by atoms with Crippen molar-refractivity contribution in [1.82, 2.24) is 14.8 Å². The third-order valence-electron chi connectivity index (χ3n) is 5.35. The molecule has 0 radical (unpaired) electrons. The molecule has 0 aromatic carbocycles. The van der Waals surface area contributed by atoms with Gasteiger partial charge in [-0.2, -0.15) is 0 Å². The van der Waals surface area contributed by atoms with E-state index in [1.165, 1.54) is 43.9 Å². The van der Waals surface area contributed by atoms with Crippen LogP contribution in [-0.4, -0.2) is 59.4 Å². The number of aliphatic imine (C=N–C) groups is 1. The normalized spacial score (nSPS) is 27.6. The summed E-state index contributed by atoms with van der Waals surface area (Å²) in [4.78, 5) is 15.4. The highest BCUT2D eigenvalue weighted by atomic mass is 19.1. The van der Waals surface area contributed by atoms with E-state index >= 15 is 0 Å². The standard InChI is InChI=1S/C18H24FN5/c1-2-22-11-16-4-5-17(12-22)24(16)9-14-3-6-18(21-7-14)23-10-15(19)8-20-13-23/h3,6-8,10,16-17H,2,4-5,9,11-13H2,1H3. The Morgan fingerprint density at radius 1 is 1.21 bits per heavy atom. The molecule has 128 valence electrons. The van der Waals surface area contributed by atoms with Crippen molar-refractivity contribution in [1.29, 1.82) is 0 Å². The van der Waals surface area contributed by atoms with Crippen LogP contribution >= 0.6 is 0 Å². The summed E-state index contributed by atoms with van der Waals surface area (Å²) in [6.07, 6.45) is 7.23. The first kappa shape index (κ1) is 15.7. The minimum atomic E-state index is -0.336. The number of hydrogen-bond acceptors (Lipinski definition) is 5. The molecular weight excluding hydrogens is 305 g/mol. The molecule has 0 spiro atoms. The van der Waals surface area contributed by atoms with Crippen LogP contribution in [0.1, 0.15) is 25.3 Å². The van der Waals surface area contributed by atoms with Gasteiger partial charge in [-0.3, -0.25) is 9.89 Å². The third-order valence-corrected chi connectivity index (χ3v) is 5.35. The van der Waals surface area contributed by atoms with Crippen molar-refractivity contribution in [3.8, 4) is 0 Å². The predicted molar refractivity (Wildman–Crippen MR) is 93.7 cm³/mol. The first-order valence-electron chi connectivity index (χ1n) is 8.79. The highest BCUT2D eigenvalue weighted by Gasteiger charge is 2.39. The van der Waals surface area contributed by atoms with Crippen LogP contribution in [0.3, 0.4) is 0 Å². The van der Waals surface area contributed by atoms with E-state index in [0.29, 0.717) is 18.8 Å². The molecule has 2 saturated heterocycles. The molecule has 0 saturated carbocycles. The van der Waals surface area contributed by atoms with Gasteiger partial charge >= 0.3 is 0 Å². The van der Waals surface area contributed by atoms with E-state index in [1.807, 2.05) is 12.3 Å². The molecule has 6 heteroatoms. The second kappa shape index (κ2) is 6.61. The number of nitrogens with zero attached hydrogens (tertiary/aromatic N) is 5. The van der Waals surface area contributed by atoms with Gasteiger partial charge in [0.1, 0.15) is 12.5 Å². The zero-order chi connectivity index (χ0) is 16.5. The number of pyridine rings is 1. The molecule has 0 amide bonds. The Morgan fingerprint density at radius 2 is 2.00 bits per heavy atom. The number of anilines is 1. The number of likely N-dealkylation sites (N-methyl/N-ethyl adjacent to an activating group) is 1. The molecule has 1 aromatic heterocycles. The van der Waals surface area contributed by atoms with Crippen LogP contribution in [-0.2, 0) is 6.54 Å². The first-order chi connectivity index (χ1) is 11.7. The fourth-order valence-electron chi connectivity index (χ4n) is 4.06. The van der Waals surface area contributed by atoms with Crippen molar-refractivity contribution in [2.45, 2.75) is 38.4 Å². The SMILES string of the molecule is CCN1CC2CCC(C1)N2Cc1ccc(N2C=C(F)C=NC2)nc1. The van der Waals surface area contributed by atoms with Gasteiger partial charge in [0, 0.05) is 44.1 Å². The van der Waals surface area contributed by atoms with Crippen molar-refractivity contribution >= 4 is 12.0 Å². The maximum Gasteiger partial charge on any atom is 0.157 e.